The number of nitrogens with one attached hydrogen (secondary N) is 1. The monoisotopic (exact) mass is 391 g/mol. The number of anilines is 1. The van der Waals surface area contributed by atoms with Gasteiger partial charge in [0.05, 0.1) is 17.1 Å². The number of aromatic amines is 1. The molecule has 1 aromatic carbocycles. The van der Waals surface area contributed by atoms with Crippen molar-refractivity contribution in [2.75, 3.05) is 4.90 Å². The number of halogens is 1. The second-order valence-electron chi connectivity index (χ2n) is 8.31. The van der Waals surface area contributed by atoms with E-state index >= 15 is 4.39 Å². The number of benzene rings is 1. The Bertz CT molecular complexity index is 1230. The summed E-state index contributed by atoms with van der Waals surface area (Å²) in [6.45, 7) is 0. The van der Waals surface area contributed by atoms with Crippen molar-refractivity contribution in [1.29, 1.82) is 0 Å². The van der Waals surface area contributed by atoms with Gasteiger partial charge < -0.3 is 15.6 Å². The van der Waals surface area contributed by atoms with Gasteiger partial charge in [-0.25, -0.2) is 14.4 Å². The van der Waals surface area contributed by atoms with Crippen molar-refractivity contribution >= 4 is 27.9 Å². The first-order valence-corrected chi connectivity index (χ1v) is 10.1. The Morgan fingerprint density at radius 2 is 1.97 bits per heavy atom. The minimum atomic E-state index is -0.287. The summed E-state index contributed by atoms with van der Waals surface area (Å²) in [7, 11) is 1.79. The highest BCUT2D eigenvalue weighted by molar-refractivity contribution is 5.94. The number of hydrogen-bond donors (Lipinski definition) is 2. The molecule has 0 unspecified atom stereocenters. The lowest BCUT2D eigenvalue weighted by Gasteiger charge is -2.38. The minimum absolute atomic E-state index is 0.280. The minimum Gasteiger partial charge on any atom is -0.349 e. The first kappa shape index (κ1) is 16.9. The lowest BCUT2D eigenvalue weighted by molar-refractivity contribution is 0.412. The number of nitrogens with two attached hydrogens (primary N) is 1. The zero-order valence-corrected chi connectivity index (χ0v) is 16.1. The van der Waals surface area contributed by atoms with Crippen LogP contribution in [0.25, 0.3) is 33.2 Å². The zero-order valence-electron chi connectivity index (χ0n) is 16.1. The number of H-pyrrole nitrogens is 1. The van der Waals surface area contributed by atoms with E-state index in [9.17, 15) is 0 Å². The molecule has 0 saturated carbocycles. The van der Waals surface area contributed by atoms with Gasteiger partial charge in [-0.2, -0.15) is 5.10 Å². The van der Waals surface area contributed by atoms with Gasteiger partial charge >= 0.3 is 0 Å². The second-order valence-corrected chi connectivity index (χ2v) is 8.31. The molecule has 6 rings (SSSR count). The van der Waals surface area contributed by atoms with Crippen LogP contribution in [-0.2, 0) is 7.05 Å². The van der Waals surface area contributed by atoms with Crippen LogP contribution in [0.15, 0.2) is 30.7 Å². The highest BCUT2D eigenvalue weighted by Gasteiger charge is 2.40. The number of piperidine rings is 1. The third-order valence-corrected chi connectivity index (χ3v) is 6.43. The van der Waals surface area contributed by atoms with E-state index < -0.39 is 0 Å². The SMILES string of the molecule is Cn1cc2c(F)c(-c3c[nH]c4nc(N5[C@@H]6CC[C@H]5C[C@@H](N)C6)cnc34)ccc2n1. The Morgan fingerprint density at radius 3 is 2.76 bits per heavy atom. The highest BCUT2D eigenvalue weighted by Crippen LogP contribution is 2.39. The number of aryl methyl sites for hydroxylation is 1. The molecule has 3 atom stereocenters. The van der Waals surface area contributed by atoms with Gasteiger partial charge in [-0.05, 0) is 37.8 Å². The van der Waals surface area contributed by atoms with Gasteiger partial charge in [0.2, 0.25) is 0 Å². The number of nitrogens with zero attached hydrogens (tertiary/aromatic N) is 5. The first-order chi connectivity index (χ1) is 14.1. The van der Waals surface area contributed by atoms with E-state index in [0.717, 1.165) is 31.5 Å². The fourth-order valence-electron chi connectivity index (χ4n) is 5.20. The molecule has 0 aliphatic carbocycles. The molecule has 29 heavy (non-hydrogen) atoms. The predicted molar refractivity (Wildman–Crippen MR) is 110 cm³/mol. The first-order valence-electron chi connectivity index (χ1n) is 10.1. The third kappa shape index (κ3) is 2.48. The summed E-state index contributed by atoms with van der Waals surface area (Å²) < 4.78 is 16.8. The Hall–Kier alpha value is -3.00. The number of rotatable bonds is 2. The van der Waals surface area contributed by atoms with Gasteiger partial charge in [0.15, 0.2) is 5.65 Å². The van der Waals surface area contributed by atoms with Gasteiger partial charge in [-0.15, -0.1) is 0 Å². The molecule has 7 nitrogen and oxygen atoms in total. The molecule has 2 aliphatic rings. The standard InChI is InChI=1S/C21H22FN7/c1-28-10-16-17(27-28)5-4-14(19(16)22)15-8-25-21-20(15)24-9-18(26-21)29-12-2-3-13(29)7-11(23)6-12/h4-5,8-13H,2-3,6-7,23H2,1H3,(H,25,26)/t11-,12+,13-. The molecule has 3 aromatic heterocycles. The molecule has 0 radical (unpaired) electrons. The van der Waals surface area contributed by atoms with E-state index in [1.165, 1.54) is 0 Å². The van der Waals surface area contributed by atoms with Crippen LogP contribution >= 0.6 is 0 Å². The van der Waals surface area contributed by atoms with Gasteiger partial charge in [-0.1, -0.05) is 0 Å². The molecule has 0 spiro atoms. The molecule has 2 saturated heterocycles. The summed E-state index contributed by atoms with van der Waals surface area (Å²) >= 11 is 0. The van der Waals surface area contributed by atoms with Crippen LogP contribution in [0.3, 0.4) is 0 Å². The van der Waals surface area contributed by atoms with Gasteiger partial charge in [0.1, 0.15) is 17.2 Å². The van der Waals surface area contributed by atoms with Crippen molar-refractivity contribution in [1.82, 2.24) is 24.7 Å². The van der Waals surface area contributed by atoms with Crippen LogP contribution in [0.5, 0.6) is 0 Å². The molecule has 5 heterocycles. The molecule has 148 valence electrons. The summed E-state index contributed by atoms with van der Waals surface area (Å²) in [5, 5.41) is 4.78. The van der Waals surface area contributed by atoms with E-state index in [1.54, 1.807) is 30.2 Å². The van der Waals surface area contributed by atoms with E-state index in [-0.39, 0.29) is 11.9 Å². The maximum atomic E-state index is 15.2. The van der Waals surface area contributed by atoms with Gasteiger partial charge in [-0.3, -0.25) is 4.68 Å². The molecule has 4 aromatic rings. The summed E-state index contributed by atoms with van der Waals surface area (Å²) in [6.07, 6.45) is 9.63. The van der Waals surface area contributed by atoms with Crippen molar-refractivity contribution in [3.8, 4) is 11.1 Å². The average Bonchev–Trinajstić information content (AvgIpc) is 3.36. The number of hydrogen-bond acceptors (Lipinski definition) is 5. The molecule has 8 heteroatoms. The molecule has 2 bridgehead atoms. The van der Waals surface area contributed by atoms with Crippen molar-refractivity contribution in [2.45, 2.75) is 43.8 Å². The summed E-state index contributed by atoms with van der Waals surface area (Å²) in [4.78, 5) is 15.1. The lowest BCUT2D eigenvalue weighted by Crippen LogP contribution is -2.47. The number of aromatic nitrogens is 5. The molecular weight excluding hydrogens is 369 g/mol. The Kier molecular flexibility index (Phi) is 3.50. The van der Waals surface area contributed by atoms with Crippen molar-refractivity contribution in [3.05, 3.63) is 36.5 Å². The smallest absolute Gasteiger partial charge is 0.159 e. The Balaban J connectivity index is 1.42. The quantitative estimate of drug-likeness (QED) is 0.548. The van der Waals surface area contributed by atoms with Crippen molar-refractivity contribution in [2.24, 2.45) is 12.8 Å². The highest BCUT2D eigenvalue weighted by atomic mass is 19.1. The van der Waals surface area contributed by atoms with E-state index in [0.29, 0.717) is 45.3 Å². The number of fused-ring (bicyclic) bond motifs is 4. The van der Waals surface area contributed by atoms with Crippen LogP contribution in [0.1, 0.15) is 25.7 Å². The molecule has 2 fully saturated rings. The van der Waals surface area contributed by atoms with Crippen LogP contribution in [-0.4, -0.2) is 42.9 Å². The maximum absolute atomic E-state index is 15.2. The van der Waals surface area contributed by atoms with E-state index in [1.807, 2.05) is 12.3 Å². The summed E-state index contributed by atoms with van der Waals surface area (Å²) in [5.74, 6) is 0.596. The van der Waals surface area contributed by atoms with Gasteiger partial charge in [0, 0.05) is 48.7 Å². The Morgan fingerprint density at radius 1 is 1.17 bits per heavy atom. The van der Waals surface area contributed by atoms with Crippen LogP contribution in [0.4, 0.5) is 10.2 Å². The maximum Gasteiger partial charge on any atom is 0.159 e. The van der Waals surface area contributed by atoms with Crippen LogP contribution < -0.4 is 10.6 Å². The van der Waals surface area contributed by atoms with Gasteiger partial charge in [0.25, 0.3) is 0 Å². The van der Waals surface area contributed by atoms with Crippen LogP contribution in [0, 0.1) is 5.82 Å². The predicted octanol–water partition coefficient (Wildman–Crippen LogP) is 3.11. The van der Waals surface area contributed by atoms with Crippen molar-refractivity contribution < 1.29 is 4.39 Å². The zero-order chi connectivity index (χ0) is 19.7. The average molecular weight is 391 g/mol. The molecule has 3 N–H and O–H groups in total. The fourth-order valence-corrected chi connectivity index (χ4v) is 5.20. The Labute approximate surface area is 166 Å². The molecule has 2 aliphatic heterocycles. The third-order valence-electron chi connectivity index (χ3n) is 6.43. The molecule has 0 amide bonds. The summed E-state index contributed by atoms with van der Waals surface area (Å²) in [6, 6.07) is 4.76. The molecular formula is C21H22FN7. The normalized spacial score (nSPS) is 24.1. The van der Waals surface area contributed by atoms with E-state index in [2.05, 4.69) is 20.0 Å². The fraction of sp³-hybridized carbons (Fsp3) is 0.381. The summed E-state index contributed by atoms with van der Waals surface area (Å²) in [5.41, 5.74) is 9.41. The van der Waals surface area contributed by atoms with Crippen LogP contribution in [0.2, 0.25) is 0 Å². The second kappa shape index (κ2) is 6.00. The largest absolute Gasteiger partial charge is 0.349 e. The van der Waals surface area contributed by atoms with Crippen molar-refractivity contribution in [3.63, 3.8) is 0 Å². The topological polar surface area (TPSA) is 88.7 Å². The van der Waals surface area contributed by atoms with E-state index in [4.69, 9.17) is 10.7 Å². The lowest BCUT2D eigenvalue weighted by atomic mass is 9.98.